The number of fused-ring (bicyclic) bond motifs is 1. The van der Waals surface area contributed by atoms with Crippen molar-refractivity contribution in [3.05, 3.63) is 35.9 Å². The zero-order valence-corrected chi connectivity index (χ0v) is 10.7. The van der Waals surface area contributed by atoms with E-state index in [0.717, 1.165) is 10.9 Å². The molecule has 0 saturated carbocycles. The SMILES string of the molecule is OC(c1ccccc1)[C@@H]1[C@H]2CCC(CBr)N21. The zero-order valence-electron chi connectivity index (χ0n) is 9.09. The van der Waals surface area contributed by atoms with Crippen LogP contribution in [0.1, 0.15) is 24.5 Å². The van der Waals surface area contributed by atoms with Crippen molar-refractivity contribution in [2.75, 3.05) is 5.33 Å². The number of benzene rings is 1. The molecule has 2 nitrogen and oxygen atoms in total. The van der Waals surface area contributed by atoms with Crippen molar-refractivity contribution < 1.29 is 5.11 Å². The molecule has 86 valence electrons. The molecular formula is C13H16BrNO. The van der Waals surface area contributed by atoms with Crippen LogP contribution in [0.15, 0.2) is 30.3 Å². The molecular weight excluding hydrogens is 266 g/mol. The number of hydrogen-bond acceptors (Lipinski definition) is 2. The predicted octanol–water partition coefficient (Wildman–Crippen LogP) is 2.33. The third kappa shape index (κ3) is 1.62. The van der Waals surface area contributed by atoms with Crippen LogP contribution >= 0.6 is 15.9 Å². The molecule has 2 heterocycles. The van der Waals surface area contributed by atoms with E-state index in [9.17, 15) is 5.11 Å². The van der Waals surface area contributed by atoms with Gasteiger partial charge in [-0.3, -0.25) is 4.90 Å². The summed E-state index contributed by atoms with van der Waals surface area (Å²) >= 11 is 3.55. The summed E-state index contributed by atoms with van der Waals surface area (Å²) in [6.07, 6.45) is 2.20. The summed E-state index contributed by atoms with van der Waals surface area (Å²) in [6.45, 7) is 0. The Bertz CT molecular complexity index is 369. The number of halogens is 1. The highest BCUT2D eigenvalue weighted by molar-refractivity contribution is 9.09. The van der Waals surface area contributed by atoms with Crippen LogP contribution in [0.3, 0.4) is 0 Å². The minimum atomic E-state index is -0.312. The minimum absolute atomic E-state index is 0.312. The van der Waals surface area contributed by atoms with Crippen molar-refractivity contribution in [3.8, 4) is 0 Å². The van der Waals surface area contributed by atoms with E-state index in [1.54, 1.807) is 0 Å². The molecule has 2 fully saturated rings. The molecule has 1 N–H and O–H groups in total. The molecule has 0 radical (unpaired) electrons. The summed E-state index contributed by atoms with van der Waals surface area (Å²) in [5.74, 6) is 0. The molecule has 1 aromatic rings. The third-order valence-corrected chi connectivity index (χ3v) is 4.64. The molecule has 0 aromatic heterocycles. The highest BCUT2D eigenvalue weighted by atomic mass is 79.9. The normalized spacial score (nSPS) is 38.1. The minimum Gasteiger partial charge on any atom is -0.387 e. The van der Waals surface area contributed by atoms with Crippen molar-refractivity contribution in [3.63, 3.8) is 0 Å². The summed E-state index contributed by atoms with van der Waals surface area (Å²) in [7, 11) is 0. The lowest BCUT2D eigenvalue weighted by atomic mass is 10.0. The van der Waals surface area contributed by atoms with Crippen LogP contribution in [0.4, 0.5) is 0 Å². The quantitative estimate of drug-likeness (QED) is 0.679. The van der Waals surface area contributed by atoms with E-state index < -0.39 is 0 Å². The number of aliphatic hydroxyl groups excluding tert-OH is 1. The zero-order chi connectivity index (χ0) is 11.1. The van der Waals surface area contributed by atoms with Crippen LogP contribution in [-0.4, -0.2) is 33.5 Å². The molecule has 0 amide bonds. The van der Waals surface area contributed by atoms with E-state index in [4.69, 9.17) is 0 Å². The molecule has 2 saturated heterocycles. The summed E-state index contributed by atoms with van der Waals surface area (Å²) < 4.78 is 0. The Morgan fingerprint density at radius 3 is 2.75 bits per heavy atom. The lowest BCUT2D eigenvalue weighted by molar-refractivity contribution is 0.148. The molecule has 16 heavy (non-hydrogen) atoms. The number of piperidine rings is 1. The number of rotatable bonds is 3. The van der Waals surface area contributed by atoms with E-state index >= 15 is 0 Å². The van der Waals surface area contributed by atoms with Gasteiger partial charge in [0.05, 0.1) is 12.1 Å². The third-order valence-electron chi connectivity index (χ3n) is 3.89. The lowest BCUT2D eigenvalue weighted by Gasteiger charge is -2.17. The van der Waals surface area contributed by atoms with Crippen molar-refractivity contribution in [1.29, 1.82) is 0 Å². The smallest absolute Gasteiger partial charge is 0.0960 e. The fourth-order valence-corrected chi connectivity index (χ4v) is 3.70. The van der Waals surface area contributed by atoms with Gasteiger partial charge in [0.2, 0.25) is 0 Å². The van der Waals surface area contributed by atoms with Crippen molar-refractivity contribution >= 4 is 15.9 Å². The van der Waals surface area contributed by atoms with Gasteiger partial charge in [-0.1, -0.05) is 46.3 Å². The maximum atomic E-state index is 10.3. The van der Waals surface area contributed by atoms with E-state index in [1.165, 1.54) is 12.8 Å². The van der Waals surface area contributed by atoms with Crippen LogP contribution in [0.25, 0.3) is 0 Å². The second-order valence-electron chi connectivity index (χ2n) is 4.75. The summed E-state index contributed by atoms with van der Waals surface area (Å²) in [6, 6.07) is 11.6. The first-order valence-electron chi connectivity index (χ1n) is 5.89. The molecule has 0 bridgehead atoms. The maximum absolute atomic E-state index is 10.3. The molecule has 1 aromatic carbocycles. The monoisotopic (exact) mass is 281 g/mol. The van der Waals surface area contributed by atoms with E-state index in [-0.39, 0.29) is 6.10 Å². The van der Waals surface area contributed by atoms with Gasteiger partial charge < -0.3 is 5.11 Å². The van der Waals surface area contributed by atoms with Crippen LogP contribution in [-0.2, 0) is 0 Å². The highest BCUT2D eigenvalue weighted by Gasteiger charge is 2.58. The molecule has 5 atom stereocenters. The summed E-state index contributed by atoms with van der Waals surface area (Å²) in [4.78, 5) is 2.46. The van der Waals surface area contributed by atoms with Crippen LogP contribution in [0.2, 0.25) is 0 Å². The van der Waals surface area contributed by atoms with Gasteiger partial charge in [-0.15, -0.1) is 0 Å². The topological polar surface area (TPSA) is 23.2 Å². The summed E-state index contributed by atoms with van der Waals surface area (Å²) in [5, 5.41) is 11.4. The number of alkyl halides is 1. The van der Waals surface area contributed by atoms with Gasteiger partial charge in [-0.25, -0.2) is 0 Å². The molecule has 3 unspecified atom stereocenters. The van der Waals surface area contributed by atoms with Crippen molar-refractivity contribution in [2.45, 2.75) is 37.1 Å². The van der Waals surface area contributed by atoms with E-state index in [2.05, 4.69) is 20.8 Å². The molecule has 0 aliphatic carbocycles. The largest absolute Gasteiger partial charge is 0.387 e. The Kier molecular flexibility index (Phi) is 2.78. The molecule has 0 spiro atoms. The van der Waals surface area contributed by atoms with Gasteiger partial charge in [0, 0.05) is 17.4 Å². The molecule has 2 aliphatic heterocycles. The fourth-order valence-electron chi connectivity index (χ4n) is 3.04. The van der Waals surface area contributed by atoms with E-state index in [0.29, 0.717) is 18.1 Å². The van der Waals surface area contributed by atoms with Crippen molar-refractivity contribution in [2.24, 2.45) is 0 Å². The standard InChI is InChI=1S/C13H16BrNO/c14-8-10-6-7-11-12(15(10)11)13(16)9-4-2-1-3-5-9/h1-5,10-13,16H,6-8H2/t10?,11-,12+,13?,15?/m1/s1. The molecule has 3 heteroatoms. The highest BCUT2D eigenvalue weighted by Crippen LogP contribution is 2.48. The van der Waals surface area contributed by atoms with Crippen LogP contribution in [0.5, 0.6) is 0 Å². The van der Waals surface area contributed by atoms with Gasteiger partial charge in [0.1, 0.15) is 0 Å². The first-order chi connectivity index (χ1) is 7.83. The Labute approximate surface area is 104 Å². The fraction of sp³-hybridized carbons (Fsp3) is 0.538. The number of hydrogen-bond donors (Lipinski definition) is 1. The first-order valence-corrected chi connectivity index (χ1v) is 7.01. The second-order valence-corrected chi connectivity index (χ2v) is 5.39. The number of nitrogens with zero attached hydrogens (tertiary/aromatic N) is 1. The van der Waals surface area contributed by atoms with Gasteiger partial charge in [-0.2, -0.15) is 0 Å². The van der Waals surface area contributed by atoms with Gasteiger partial charge in [0.25, 0.3) is 0 Å². The van der Waals surface area contributed by atoms with Crippen LogP contribution in [0, 0.1) is 0 Å². The van der Waals surface area contributed by atoms with Gasteiger partial charge in [0.15, 0.2) is 0 Å². The number of aliphatic hydroxyl groups is 1. The van der Waals surface area contributed by atoms with Gasteiger partial charge in [-0.05, 0) is 18.4 Å². The lowest BCUT2D eigenvalue weighted by Crippen LogP contribution is -2.23. The average molecular weight is 282 g/mol. The Balaban J connectivity index is 1.73. The average Bonchev–Trinajstić information content (AvgIpc) is 2.91. The molecule has 2 aliphatic rings. The van der Waals surface area contributed by atoms with E-state index in [1.807, 2.05) is 30.3 Å². The Hall–Kier alpha value is -0.380. The molecule has 3 rings (SSSR count). The van der Waals surface area contributed by atoms with Crippen molar-refractivity contribution in [1.82, 2.24) is 4.90 Å². The second kappa shape index (κ2) is 4.13. The Morgan fingerprint density at radius 2 is 2.06 bits per heavy atom. The first kappa shape index (κ1) is 10.8. The van der Waals surface area contributed by atoms with Crippen LogP contribution < -0.4 is 0 Å². The van der Waals surface area contributed by atoms with Gasteiger partial charge >= 0.3 is 0 Å². The maximum Gasteiger partial charge on any atom is 0.0960 e. The predicted molar refractivity (Wildman–Crippen MR) is 67.6 cm³/mol. The summed E-state index contributed by atoms with van der Waals surface area (Å²) in [5.41, 5.74) is 1.05. The Morgan fingerprint density at radius 1 is 1.31 bits per heavy atom.